The van der Waals surface area contributed by atoms with Crippen molar-refractivity contribution >= 4 is 46.4 Å². The predicted molar refractivity (Wildman–Crippen MR) is 51.9 cm³/mol. The summed E-state index contributed by atoms with van der Waals surface area (Å²) < 4.78 is 92.6. The van der Waals surface area contributed by atoms with Gasteiger partial charge in [0, 0.05) is 0 Å². The summed E-state index contributed by atoms with van der Waals surface area (Å²) in [5.41, 5.74) is 0. The van der Waals surface area contributed by atoms with E-state index in [1.807, 2.05) is 0 Å². The van der Waals surface area contributed by atoms with E-state index in [0.717, 1.165) is 0 Å². The van der Waals surface area contributed by atoms with E-state index in [2.05, 4.69) is 4.74 Å². The Morgan fingerprint density at radius 1 is 0.632 bits per heavy atom. The molecule has 0 spiro atoms. The molecule has 0 saturated carbocycles. The molecule has 2 unspecified atom stereocenters. The van der Waals surface area contributed by atoms with Gasteiger partial charge >= 0.3 is 12.4 Å². The van der Waals surface area contributed by atoms with Gasteiger partial charge in [-0.25, -0.2) is 8.78 Å². The van der Waals surface area contributed by atoms with Crippen molar-refractivity contribution in [3.63, 3.8) is 0 Å². The molecule has 0 aliphatic carbocycles. The van der Waals surface area contributed by atoms with Crippen LogP contribution in [0.15, 0.2) is 0 Å². The van der Waals surface area contributed by atoms with Crippen LogP contribution in [0.25, 0.3) is 0 Å². The van der Waals surface area contributed by atoms with Gasteiger partial charge < -0.3 is 4.74 Å². The lowest BCUT2D eigenvalue weighted by Crippen LogP contribution is -2.50. The van der Waals surface area contributed by atoms with Crippen LogP contribution >= 0.6 is 46.4 Å². The van der Waals surface area contributed by atoms with Gasteiger partial charge in [0.15, 0.2) is 0 Å². The summed E-state index contributed by atoms with van der Waals surface area (Å²) in [6.07, 6.45) is -19.8. The summed E-state index contributed by atoms with van der Waals surface area (Å²) in [7, 11) is 0. The third kappa shape index (κ3) is 5.45. The first-order chi connectivity index (χ1) is 8.02. The molecule has 0 aliphatic rings. The van der Waals surface area contributed by atoms with Crippen LogP contribution < -0.4 is 0 Å². The third-order valence-electron chi connectivity index (χ3n) is 1.44. The number of rotatable bonds is 4. The SMILES string of the molecule is FC(C(F)(F)F)C(Cl)(Cl)OC(Cl)(Cl)C(F)C(F)(F)F. The summed E-state index contributed by atoms with van der Waals surface area (Å²) in [6.45, 7) is 0. The molecule has 0 amide bonds. The monoisotopic (exact) mass is 382 g/mol. The van der Waals surface area contributed by atoms with Gasteiger partial charge in [0.2, 0.25) is 0 Å². The zero-order valence-corrected chi connectivity index (χ0v) is 11.1. The van der Waals surface area contributed by atoms with Gasteiger partial charge in [-0.15, -0.1) is 0 Å². The Hall–Kier alpha value is 0.560. The summed E-state index contributed by atoms with van der Waals surface area (Å²) in [5, 5.41) is 0. The molecule has 0 aromatic heterocycles. The minimum absolute atomic E-state index is 3.47. The largest absolute Gasteiger partial charge is 0.425 e. The fourth-order valence-corrected chi connectivity index (χ4v) is 1.81. The molecule has 116 valence electrons. The maximum atomic E-state index is 12.7. The second-order valence-corrected chi connectivity index (χ2v) is 5.67. The van der Waals surface area contributed by atoms with Crippen LogP contribution in [0, 0.1) is 0 Å². The van der Waals surface area contributed by atoms with Crippen molar-refractivity contribution in [2.45, 2.75) is 33.7 Å². The van der Waals surface area contributed by atoms with Crippen molar-refractivity contribution in [3.8, 4) is 0 Å². The molecule has 2 atom stereocenters. The molecule has 0 aliphatic heterocycles. The molecule has 0 heterocycles. The molecule has 0 bridgehead atoms. The molecule has 1 nitrogen and oxygen atoms in total. The number of hydrogen-bond acceptors (Lipinski definition) is 1. The van der Waals surface area contributed by atoms with Crippen LogP contribution in [0.1, 0.15) is 0 Å². The Kier molecular flexibility index (Phi) is 5.92. The Balaban J connectivity index is 5.11. The summed E-state index contributed by atoms with van der Waals surface area (Å²) in [5.74, 6) is 0. The van der Waals surface area contributed by atoms with Crippen LogP contribution in [0.3, 0.4) is 0 Å². The highest BCUT2D eigenvalue weighted by atomic mass is 35.5. The molecule has 0 radical (unpaired) electrons. The highest BCUT2D eigenvalue weighted by Crippen LogP contribution is 2.47. The predicted octanol–water partition coefficient (Wildman–Crippen LogP) is 5.07. The second-order valence-electron chi connectivity index (χ2n) is 3.03. The zero-order valence-electron chi connectivity index (χ0n) is 8.10. The van der Waals surface area contributed by atoms with Crippen molar-refractivity contribution in [2.75, 3.05) is 0 Å². The quantitative estimate of drug-likeness (QED) is 0.486. The number of halogens is 12. The fourth-order valence-electron chi connectivity index (χ4n) is 0.666. The van der Waals surface area contributed by atoms with Crippen molar-refractivity contribution in [2.24, 2.45) is 0 Å². The molecule has 0 aromatic carbocycles. The number of alkyl halides is 12. The molecule has 0 aromatic rings. The van der Waals surface area contributed by atoms with E-state index >= 15 is 0 Å². The lowest BCUT2D eigenvalue weighted by molar-refractivity contribution is -0.237. The van der Waals surface area contributed by atoms with Crippen molar-refractivity contribution in [3.05, 3.63) is 0 Å². The van der Waals surface area contributed by atoms with Crippen LogP contribution in [0.4, 0.5) is 35.1 Å². The van der Waals surface area contributed by atoms with Gasteiger partial charge in [-0.3, -0.25) is 0 Å². The first-order valence-electron chi connectivity index (χ1n) is 3.89. The Labute approximate surface area is 120 Å². The van der Waals surface area contributed by atoms with Crippen LogP contribution in [0.2, 0.25) is 0 Å². The molecule has 0 rings (SSSR count). The molecule has 0 N–H and O–H groups in total. The topological polar surface area (TPSA) is 9.23 Å². The maximum Gasteiger partial charge on any atom is 0.425 e. The highest BCUT2D eigenvalue weighted by Gasteiger charge is 2.62. The van der Waals surface area contributed by atoms with Crippen LogP contribution in [-0.2, 0) is 4.74 Å². The van der Waals surface area contributed by atoms with E-state index in [0.29, 0.717) is 0 Å². The fraction of sp³-hybridized carbons (Fsp3) is 1.00. The first-order valence-corrected chi connectivity index (χ1v) is 5.40. The van der Waals surface area contributed by atoms with Crippen molar-refractivity contribution in [1.82, 2.24) is 0 Å². The van der Waals surface area contributed by atoms with Gasteiger partial charge in [0.25, 0.3) is 21.4 Å². The van der Waals surface area contributed by atoms with Crippen molar-refractivity contribution < 1.29 is 39.9 Å². The van der Waals surface area contributed by atoms with Crippen molar-refractivity contribution in [1.29, 1.82) is 0 Å². The maximum absolute atomic E-state index is 12.7. The van der Waals surface area contributed by atoms with Gasteiger partial charge in [-0.2, -0.15) is 26.3 Å². The molecule has 19 heavy (non-hydrogen) atoms. The van der Waals surface area contributed by atoms with E-state index in [4.69, 9.17) is 46.4 Å². The zero-order chi connectivity index (χ0) is 15.9. The summed E-state index contributed by atoms with van der Waals surface area (Å²) in [6, 6.07) is 0. The summed E-state index contributed by atoms with van der Waals surface area (Å²) >= 11 is 18.8. The normalized spacial score (nSPS) is 18.3. The van der Waals surface area contributed by atoms with Crippen LogP contribution in [-0.4, -0.2) is 33.7 Å². The molecular formula is C6H2Cl4F8O. The Bertz CT molecular complexity index is 283. The average molecular weight is 384 g/mol. The second kappa shape index (κ2) is 5.75. The van der Waals surface area contributed by atoms with E-state index in [1.54, 1.807) is 0 Å². The minimum atomic E-state index is -5.70. The van der Waals surface area contributed by atoms with E-state index in [9.17, 15) is 35.1 Å². The Morgan fingerprint density at radius 3 is 1.00 bits per heavy atom. The van der Waals surface area contributed by atoms with Crippen LogP contribution in [0.5, 0.6) is 0 Å². The smallest absolute Gasteiger partial charge is 0.304 e. The lowest BCUT2D eigenvalue weighted by atomic mass is 10.3. The highest BCUT2D eigenvalue weighted by molar-refractivity contribution is 6.50. The molecular weight excluding hydrogens is 382 g/mol. The number of hydrogen-bond donors (Lipinski definition) is 0. The average Bonchev–Trinajstić information content (AvgIpc) is 2.10. The van der Waals surface area contributed by atoms with Gasteiger partial charge in [-0.05, 0) is 0 Å². The van der Waals surface area contributed by atoms with E-state index in [1.165, 1.54) is 0 Å². The third-order valence-corrected chi connectivity index (χ3v) is 2.51. The first kappa shape index (κ1) is 19.6. The van der Waals surface area contributed by atoms with Gasteiger partial charge in [0.05, 0.1) is 0 Å². The lowest BCUT2D eigenvalue weighted by Gasteiger charge is -2.33. The molecule has 13 heteroatoms. The summed E-state index contributed by atoms with van der Waals surface area (Å²) in [4.78, 5) is 0. The minimum Gasteiger partial charge on any atom is -0.304 e. The van der Waals surface area contributed by atoms with E-state index < -0.39 is 33.7 Å². The van der Waals surface area contributed by atoms with E-state index in [-0.39, 0.29) is 0 Å². The molecule has 0 fully saturated rings. The standard InChI is InChI=1S/C6H2Cl4F8O/c7-3(8,1(11)5(13,14)15)19-4(9,10)2(12)6(16,17)18/h1-2H. The Morgan fingerprint density at radius 2 is 0.842 bits per heavy atom. The molecule has 0 saturated heterocycles. The van der Waals surface area contributed by atoms with Gasteiger partial charge in [0.1, 0.15) is 0 Å². The number of ether oxygens (including phenoxy) is 1. The van der Waals surface area contributed by atoms with Gasteiger partial charge in [-0.1, -0.05) is 46.4 Å².